The smallest absolute Gasteiger partial charge is 0.157 e. The molecule has 3 heteroatoms. The zero-order valence-corrected chi connectivity index (χ0v) is 12.4. The molecular weight excluding hydrogens is 240 g/mol. The van der Waals surface area contributed by atoms with E-state index in [1.54, 1.807) is 0 Å². The molecule has 0 radical (unpaired) electrons. The van der Waals surface area contributed by atoms with Crippen LogP contribution in [0, 0.1) is 12.8 Å². The minimum Gasteiger partial charge on any atom is -0.358 e. The van der Waals surface area contributed by atoms with Crippen molar-refractivity contribution >= 4 is 16.9 Å². The maximum atomic E-state index is 4.71. The lowest BCUT2D eigenvalue weighted by Crippen LogP contribution is -2.31. The van der Waals surface area contributed by atoms with Crippen LogP contribution in [0.15, 0.2) is 29.3 Å². The van der Waals surface area contributed by atoms with Gasteiger partial charge in [-0.2, -0.15) is 0 Å². The average Bonchev–Trinajstić information content (AvgIpc) is 2.34. The topological polar surface area (TPSA) is 24.4 Å². The minimum atomic E-state index is 0.317. The van der Waals surface area contributed by atoms with Crippen molar-refractivity contribution in [3.63, 3.8) is 0 Å². The Morgan fingerprint density at radius 1 is 1.28 bits per heavy atom. The lowest BCUT2D eigenvalue weighted by atomic mass is 10.1. The third-order valence-corrected chi connectivity index (χ3v) is 4.73. The number of benzene rings is 1. The lowest BCUT2D eigenvalue weighted by Gasteiger charge is -2.26. The normalized spacial score (nSPS) is 25.4. The molecule has 18 heavy (non-hydrogen) atoms. The summed E-state index contributed by atoms with van der Waals surface area (Å²) in [7, 11) is 0. The van der Waals surface area contributed by atoms with Crippen molar-refractivity contribution in [1.29, 1.82) is 0 Å². The molecule has 0 saturated carbocycles. The highest BCUT2D eigenvalue weighted by molar-refractivity contribution is 8.13. The summed E-state index contributed by atoms with van der Waals surface area (Å²) < 4.78 is 0. The second-order valence-corrected chi connectivity index (χ2v) is 6.25. The summed E-state index contributed by atoms with van der Waals surface area (Å²) >= 11 is 1.84. The van der Waals surface area contributed by atoms with Gasteiger partial charge in [-0.1, -0.05) is 48.5 Å². The zero-order chi connectivity index (χ0) is 13.1. The van der Waals surface area contributed by atoms with Gasteiger partial charge >= 0.3 is 0 Å². The first-order chi connectivity index (χ1) is 8.56. The molecule has 0 aliphatic carbocycles. The van der Waals surface area contributed by atoms with Crippen LogP contribution in [-0.4, -0.2) is 17.0 Å². The highest BCUT2D eigenvalue weighted by atomic mass is 32.2. The van der Waals surface area contributed by atoms with E-state index in [1.165, 1.54) is 11.1 Å². The number of aliphatic imine (C=N–C) groups is 1. The van der Waals surface area contributed by atoms with Gasteiger partial charge in [-0.25, -0.2) is 0 Å². The molecule has 2 rings (SSSR count). The molecule has 0 aromatic heterocycles. The Morgan fingerprint density at radius 2 is 1.94 bits per heavy atom. The van der Waals surface area contributed by atoms with E-state index in [1.807, 2.05) is 11.8 Å². The summed E-state index contributed by atoms with van der Waals surface area (Å²) in [6.45, 7) is 8.77. The first-order valence-corrected chi connectivity index (χ1v) is 7.58. The van der Waals surface area contributed by atoms with Gasteiger partial charge in [-0.3, -0.25) is 4.99 Å². The van der Waals surface area contributed by atoms with Gasteiger partial charge in [0, 0.05) is 5.75 Å². The van der Waals surface area contributed by atoms with Crippen molar-refractivity contribution < 1.29 is 0 Å². The molecule has 3 unspecified atom stereocenters. The third kappa shape index (κ3) is 3.29. The van der Waals surface area contributed by atoms with E-state index in [9.17, 15) is 0 Å². The summed E-state index contributed by atoms with van der Waals surface area (Å²) in [5.41, 5.74) is 2.62. The quantitative estimate of drug-likeness (QED) is 0.877. The molecule has 1 aromatic carbocycles. The van der Waals surface area contributed by atoms with Gasteiger partial charge < -0.3 is 5.32 Å². The fourth-order valence-electron chi connectivity index (χ4n) is 1.90. The molecule has 98 valence electrons. The Labute approximate surface area is 114 Å². The Balaban J connectivity index is 2.01. The van der Waals surface area contributed by atoms with Crippen molar-refractivity contribution in [3.05, 3.63) is 35.4 Å². The van der Waals surface area contributed by atoms with Crippen LogP contribution in [-0.2, 0) is 0 Å². The predicted molar refractivity (Wildman–Crippen MR) is 81.2 cm³/mol. The molecule has 0 fully saturated rings. The van der Waals surface area contributed by atoms with Crippen LogP contribution in [0.2, 0.25) is 0 Å². The van der Waals surface area contributed by atoms with Crippen molar-refractivity contribution in [1.82, 2.24) is 5.32 Å². The van der Waals surface area contributed by atoms with E-state index in [0.29, 0.717) is 18.0 Å². The number of aryl methyl sites for hydroxylation is 1. The van der Waals surface area contributed by atoms with Crippen LogP contribution in [0.1, 0.15) is 37.9 Å². The van der Waals surface area contributed by atoms with Crippen LogP contribution in [0.3, 0.4) is 0 Å². The van der Waals surface area contributed by atoms with Crippen LogP contribution >= 0.6 is 11.8 Å². The number of hydrogen-bond acceptors (Lipinski definition) is 3. The molecule has 1 N–H and O–H groups in total. The molecule has 3 atom stereocenters. The standard InChI is InChI=1S/C15H22N2S/c1-10-5-7-14(8-6-10)13(4)17-15-16-12(3)11(2)9-18-15/h5-8,11-13H,9H2,1-4H3,(H,16,17). The van der Waals surface area contributed by atoms with Crippen molar-refractivity contribution in [2.75, 3.05) is 5.75 Å². The average molecular weight is 262 g/mol. The van der Waals surface area contributed by atoms with Crippen molar-refractivity contribution in [2.24, 2.45) is 10.9 Å². The first kappa shape index (κ1) is 13.5. The van der Waals surface area contributed by atoms with E-state index in [0.717, 1.165) is 10.9 Å². The molecule has 1 aromatic rings. The molecule has 0 saturated heterocycles. The number of rotatable bonds is 2. The van der Waals surface area contributed by atoms with Gasteiger partial charge in [-0.05, 0) is 32.3 Å². The molecule has 1 aliphatic heterocycles. The fourth-order valence-corrected chi connectivity index (χ4v) is 3.10. The number of nitrogens with zero attached hydrogens (tertiary/aromatic N) is 1. The second kappa shape index (κ2) is 5.79. The highest BCUT2D eigenvalue weighted by Crippen LogP contribution is 2.23. The molecular formula is C15H22N2S. The summed E-state index contributed by atoms with van der Waals surface area (Å²) in [5, 5.41) is 4.61. The molecule has 1 aliphatic rings. The van der Waals surface area contributed by atoms with Gasteiger partial charge in [0.25, 0.3) is 0 Å². The van der Waals surface area contributed by atoms with E-state index in [-0.39, 0.29) is 0 Å². The van der Waals surface area contributed by atoms with Crippen LogP contribution in [0.4, 0.5) is 0 Å². The monoisotopic (exact) mass is 262 g/mol. The molecule has 0 amide bonds. The molecule has 1 heterocycles. The SMILES string of the molecule is Cc1ccc(C(C)NC2=NC(C)C(C)CS2)cc1. The second-order valence-electron chi connectivity index (χ2n) is 5.24. The summed E-state index contributed by atoms with van der Waals surface area (Å²) in [6.07, 6.45) is 0. The van der Waals surface area contributed by atoms with Crippen LogP contribution in [0.5, 0.6) is 0 Å². The predicted octanol–water partition coefficient (Wildman–Crippen LogP) is 3.77. The van der Waals surface area contributed by atoms with E-state index >= 15 is 0 Å². The number of nitrogens with one attached hydrogen (secondary N) is 1. The van der Waals surface area contributed by atoms with Crippen LogP contribution < -0.4 is 5.32 Å². The van der Waals surface area contributed by atoms with Gasteiger partial charge in [0.1, 0.15) is 0 Å². The van der Waals surface area contributed by atoms with Crippen LogP contribution in [0.25, 0.3) is 0 Å². The molecule has 2 nitrogen and oxygen atoms in total. The lowest BCUT2D eigenvalue weighted by molar-refractivity contribution is 0.532. The third-order valence-electron chi connectivity index (χ3n) is 3.54. The van der Waals surface area contributed by atoms with Crippen molar-refractivity contribution in [3.8, 4) is 0 Å². The van der Waals surface area contributed by atoms with E-state index in [4.69, 9.17) is 4.99 Å². The molecule has 0 spiro atoms. The van der Waals surface area contributed by atoms with Crippen molar-refractivity contribution in [2.45, 2.75) is 39.8 Å². The minimum absolute atomic E-state index is 0.317. The van der Waals surface area contributed by atoms with E-state index < -0.39 is 0 Å². The summed E-state index contributed by atoms with van der Waals surface area (Å²) in [6, 6.07) is 9.44. The Morgan fingerprint density at radius 3 is 2.56 bits per heavy atom. The maximum Gasteiger partial charge on any atom is 0.157 e. The Kier molecular flexibility index (Phi) is 4.33. The number of thioether (sulfide) groups is 1. The molecule has 0 bridgehead atoms. The number of amidine groups is 1. The maximum absolute atomic E-state index is 4.71. The Bertz CT molecular complexity index is 425. The Hall–Kier alpha value is -0.960. The van der Waals surface area contributed by atoms with Gasteiger partial charge in [0.15, 0.2) is 5.17 Å². The van der Waals surface area contributed by atoms with Gasteiger partial charge in [0.2, 0.25) is 0 Å². The fraction of sp³-hybridized carbons (Fsp3) is 0.533. The van der Waals surface area contributed by atoms with Gasteiger partial charge in [-0.15, -0.1) is 0 Å². The van der Waals surface area contributed by atoms with Gasteiger partial charge in [0.05, 0.1) is 12.1 Å². The number of hydrogen-bond donors (Lipinski definition) is 1. The largest absolute Gasteiger partial charge is 0.358 e. The highest BCUT2D eigenvalue weighted by Gasteiger charge is 2.20. The first-order valence-electron chi connectivity index (χ1n) is 6.60. The zero-order valence-electron chi connectivity index (χ0n) is 11.6. The summed E-state index contributed by atoms with van der Waals surface area (Å²) in [4.78, 5) is 4.71. The van der Waals surface area contributed by atoms with E-state index in [2.05, 4.69) is 57.3 Å². The summed E-state index contributed by atoms with van der Waals surface area (Å²) in [5.74, 6) is 1.84.